The number of carbonyl (C=O) groups excluding carboxylic acids is 1. The van der Waals surface area contributed by atoms with Gasteiger partial charge in [0.1, 0.15) is 11.5 Å². The van der Waals surface area contributed by atoms with Gasteiger partial charge in [-0.2, -0.15) is 8.78 Å². The molecule has 0 unspecified atom stereocenters. The van der Waals surface area contributed by atoms with E-state index in [4.69, 9.17) is 4.52 Å². The van der Waals surface area contributed by atoms with Crippen molar-refractivity contribution in [1.82, 2.24) is 10.1 Å². The SMILES string of the molecule is Cc1cc(C(=O)N(C)Cc2ccc(OC(F)F)cc2)no1. The first kappa shape index (κ1) is 15.0. The molecule has 112 valence electrons. The molecule has 0 fully saturated rings. The lowest BCUT2D eigenvalue weighted by Gasteiger charge is -2.16. The first-order valence-electron chi connectivity index (χ1n) is 6.18. The minimum absolute atomic E-state index is 0.0786. The van der Waals surface area contributed by atoms with Crippen molar-refractivity contribution in [3.05, 3.63) is 47.3 Å². The zero-order chi connectivity index (χ0) is 15.4. The maximum atomic E-state index is 12.1. The smallest absolute Gasteiger partial charge is 0.387 e. The van der Waals surface area contributed by atoms with Gasteiger partial charge < -0.3 is 14.2 Å². The van der Waals surface area contributed by atoms with Gasteiger partial charge in [0, 0.05) is 19.7 Å². The topological polar surface area (TPSA) is 55.6 Å². The number of halogens is 2. The van der Waals surface area contributed by atoms with Crippen LogP contribution >= 0.6 is 0 Å². The summed E-state index contributed by atoms with van der Waals surface area (Å²) in [5.41, 5.74) is 1.01. The molecule has 7 heteroatoms. The molecule has 0 saturated carbocycles. The summed E-state index contributed by atoms with van der Waals surface area (Å²) in [6.07, 6.45) is 0. The maximum absolute atomic E-state index is 12.1. The van der Waals surface area contributed by atoms with E-state index in [1.54, 1.807) is 32.2 Å². The highest BCUT2D eigenvalue weighted by molar-refractivity contribution is 5.92. The van der Waals surface area contributed by atoms with Crippen LogP contribution in [-0.2, 0) is 6.54 Å². The second-order valence-electron chi connectivity index (χ2n) is 4.51. The minimum atomic E-state index is -2.85. The number of ether oxygens (including phenoxy) is 1. The number of alkyl halides is 2. The molecule has 1 aromatic carbocycles. The molecule has 1 aromatic heterocycles. The lowest BCUT2D eigenvalue weighted by atomic mass is 10.2. The Bertz CT molecular complexity index is 611. The molecule has 0 atom stereocenters. The van der Waals surface area contributed by atoms with Crippen molar-refractivity contribution < 1.29 is 22.8 Å². The Balaban J connectivity index is 1.99. The monoisotopic (exact) mass is 296 g/mol. The highest BCUT2D eigenvalue weighted by Crippen LogP contribution is 2.16. The van der Waals surface area contributed by atoms with Crippen molar-refractivity contribution in [2.75, 3.05) is 7.05 Å². The van der Waals surface area contributed by atoms with Crippen LogP contribution in [0.25, 0.3) is 0 Å². The zero-order valence-corrected chi connectivity index (χ0v) is 11.5. The van der Waals surface area contributed by atoms with Crippen molar-refractivity contribution in [1.29, 1.82) is 0 Å². The number of hydrogen-bond donors (Lipinski definition) is 0. The Labute approximate surface area is 120 Å². The van der Waals surface area contributed by atoms with Gasteiger partial charge in [-0.15, -0.1) is 0 Å². The normalized spacial score (nSPS) is 10.7. The molecule has 0 spiro atoms. The number of hydrogen-bond acceptors (Lipinski definition) is 4. The second kappa shape index (κ2) is 6.34. The quantitative estimate of drug-likeness (QED) is 0.851. The summed E-state index contributed by atoms with van der Waals surface area (Å²) in [7, 11) is 1.62. The van der Waals surface area contributed by atoms with E-state index >= 15 is 0 Å². The Hall–Kier alpha value is -2.44. The van der Waals surface area contributed by atoms with Crippen LogP contribution in [0.4, 0.5) is 8.78 Å². The molecule has 0 N–H and O–H groups in total. The molecule has 0 saturated heterocycles. The number of rotatable bonds is 5. The molecule has 1 heterocycles. The number of nitrogens with zero attached hydrogens (tertiary/aromatic N) is 2. The Kier molecular flexibility index (Phi) is 4.52. The van der Waals surface area contributed by atoms with Gasteiger partial charge >= 0.3 is 6.61 Å². The van der Waals surface area contributed by atoms with Gasteiger partial charge in [-0.05, 0) is 24.6 Å². The average Bonchev–Trinajstić information content (AvgIpc) is 2.86. The summed E-state index contributed by atoms with van der Waals surface area (Å²) in [5.74, 6) is 0.356. The summed E-state index contributed by atoms with van der Waals surface area (Å²) in [6.45, 7) is -0.832. The Morgan fingerprint density at radius 2 is 2.05 bits per heavy atom. The molecular weight excluding hydrogens is 282 g/mol. The van der Waals surface area contributed by atoms with Gasteiger partial charge in [0.25, 0.3) is 5.91 Å². The zero-order valence-electron chi connectivity index (χ0n) is 11.5. The van der Waals surface area contributed by atoms with E-state index in [-0.39, 0.29) is 17.4 Å². The van der Waals surface area contributed by atoms with Gasteiger partial charge in [-0.3, -0.25) is 4.79 Å². The lowest BCUT2D eigenvalue weighted by Crippen LogP contribution is -2.26. The van der Waals surface area contributed by atoms with Gasteiger partial charge in [0.2, 0.25) is 0 Å². The van der Waals surface area contributed by atoms with E-state index < -0.39 is 6.61 Å². The standard InChI is InChI=1S/C14H14F2N2O3/c1-9-7-12(17-21-9)13(19)18(2)8-10-3-5-11(6-4-10)20-14(15)16/h3-7,14H,8H2,1-2H3. The van der Waals surface area contributed by atoms with E-state index in [0.29, 0.717) is 12.3 Å². The van der Waals surface area contributed by atoms with Crippen LogP contribution in [0.2, 0.25) is 0 Å². The minimum Gasteiger partial charge on any atom is -0.435 e. The Morgan fingerprint density at radius 3 is 2.57 bits per heavy atom. The van der Waals surface area contributed by atoms with Crippen LogP contribution < -0.4 is 4.74 Å². The van der Waals surface area contributed by atoms with Gasteiger partial charge in [-0.25, -0.2) is 0 Å². The molecule has 2 aromatic rings. The fourth-order valence-electron chi connectivity index (χ4n) is 1.78. The Morgan fingerprint density at radius 1 is 1.38 bits per heavy atom. The number of aryl methyl sites for hydroxylation is 1. The van der Waals surface area contributed by atoms with E-state index in [1.807, 2.05) is 0 Å². The van der Waals surface area contributed by atoms with Crippen molar-refractivity contribution in [2.45, 2.75) is 20.1 Å². The number of aromatic nitrogens is 1. The summed E-state index contributed by atoms with van der Waals surface area (Å²) in [4.78, 5) is 13.5. The van der Waals surface area contributed by atoms with Gasteiger partial charge in [0.05, 0.1) is 0 Å². The third-order valence-electron chi connectivity index (χ3n) is 2.76. The highest BCUT2D eigenvalue weighted by Gasteiger charge is 2.16. The van der Waals surface area contributed by atoms with Crippen LogP contribution in [0.1, 0.15) is 21.8 Å². The molecule has 5 nitrogen and oxygen atoms in total. The fraction of sp³-hybridized carbons (Fsp3) is 0.286. The van der Waals surface area contributed by atoms with Crippen molar-refractivity contribution in [3.8, 4) is 5.75 Å². The molecule has 0 radical (unpaired) electrons. The largest absolute Gasteiger partial charge is 0.435 e. The molecule has 0 aliphatic rings. The highest BCUT2D eigenvalue weighted by atomic mass is 19.3. The molecule has 0 aliphatic carbocycles. The molecule has 21 heavy (non-hydrogen) atoms. The van der Waals surface area contributed by atoms with Crippen LogP contribution in [0.15, 0.2) is 34.9 Å². The molecule has 2 rings (SSSR count). The molecular formula is C14H14F2N2O3. The maximum Gasteiger partial charge on any atom is 0.387 e. The summed E-state index contributed by atoms with van der Waals surface area (Å²) >= 11 is 0. The number of benzene rings is 1. The molecule has 0 aliphatic heterocycles. The lowest BCUT2D eigenvalue weighted by molar-refractivity contribution is -0.0498. The van der Waals surface area contributed by atoms with E-state index in [0.717, 1.165) is 5.56 Å². The first-order valence-corrected chi connectivity index (χ1v) is 6.18. The van der Waals surface area contributed by atoms with Crippen LogP contribution in [0.3, 0.4) is 0 Å². The summed E-state index contributed by atoms with van der Waals surface area (Å²) in [6, 6.07) is 7.66. The van der Waals surface area contributed by atoms with E-state index in [9.17, 15) is 13.6 Å². The van der Waals surface area contributed by atoms with E-state index in [1.165, 1.54) is 17.0 Å². The van der Waals surface area contributed by atoms with E-state index in [2.05, 4.69) is 9.89 Å². The summed E-state index contributed by atoms with van der Waals surface area (Å²) in [5, 5.41) is 3.66. The van der Waals surface area contributed by atoms with Crippen molar-refractivity contribution in [3.63, 3.8) is 0 Å². The number of carbonyl (C=O) groups is 1. The van der Waals surface area contributed by atoms with Gasteiger partial charge in [-0.1, -0.05) is 17.3 Å². The van der Waals surface area contributed by atoms with Crippen LogP contribution in [-0.4, -0.2) is 29.6 Å². The van der Waals surface area contributed by atoms with Crippen LogP contribution in [0.5, 0.6) is 5.75 Å². The first-order chi connectivity index (χ1) is 9.95. The van der Waals surface area contributed by atoms with Crippen LogP contribution in [0, 0.1) is 6.92 Å². The predicted octanol–water partition coefficient (Wildman–Crippen LogP) is 2.86. The van der Waals surface area contributed by atoms with Gasteiger partial charge in [0.15, 0.2) is 5.69 Å². The summed E-state index contributed by atoms with van der Waals surface area (Å²) < 4.78 is 33.2. The fourth-order valence-corrected chi connectivity index (χ4v) is 1.78. The third-order valence-corrected chi connectivity index (χ3v) is 2.76. The van der Waals surface area contributed by atoms with Crippen molar-refractivity contribution >= 4 is 5.91 Å². The molecule has 0 bridgehead atoms. The third kappa shape index (κ3) is 4.01. The average molecular weight is 296 g/mol. The predicted molar refractivity (Wildman–Crippen MR) is 70.1 cm³/mol. The molecule has 1 amide bonds. The second-order valence-corrected chi connectivity index (χ2v) is 4.51. The van der Waals surface area contributed by atoms with Crippen molar-refractivity contribution in [2.24, 2.45) is 0 Å². The number of amides is 1.